The second-order valence-electron chi connectivity index (χ2n) is 4.83. The number of carbonyl (C=O) groups is 2. The molecule has 0 atom stereocenters. The van der Waals surface area contributed by atoms with Crippen LogP contribution in [0.2, 0.25) is 0 Å². The normalized spacial score (nSPS) is 10.3. The van der Waals surface area contributed by atoms with Crippen LogP contribution in [0.3, 0.4) is 0 Å². The zero-order valence-electron chi connectivity index (χ0n) is 13.0. The summed E-state index contributed by atoms with van der Waals surface area (Å²) in [5.41, 5.74) is 2.09. The number of anilines is 2. The highest BCUT2D eigenvalue weighted by Gasteiger charge is 2.02. The Bertz CT molecular complexity index is 721. The molecule has 5 heteroatoms. The molecule has 1 amide bonds. The number of ether oxygens (including phenoxy) is 1. The Morgan fingerprint density at radius 2 is 1.74 bits per heavy atom. The molecule has 0 aliphatic carbocycles. The summed E-state index contributed by atoms with van der Waals surface area (Å²) in [5, 5.41) is 5.70. The van der Waals surface area contributed by atoms with Gasteiger partial charge in [0.1, 0.15) is 5.75 Å². The molecule has 0 radical (unpaired) electrons. The molecule has 0 aliphatic heterocycles. The van der Waals surface area contributed by atoms with Gasteiger partial charge in [-0.25, -0.2) is 0 Å². The van der Waals surface area contributed by atoms with E-state index in [0.717, 1.165) is 11.4 Å². The summed E-state index contributed by atoms with van der Waals surface area (Å²) in [6, 6.07) is 14.2. The van der Waals surface area contributed by atoms with Gasteiger partial charge in [0.15, 0.2) is 5.78 Å². The molecule has 0 saturated carbocycles. The van der Waals surface area contributed by atoms with Gasteiger partial charge in [-0.1, -0.05) is 12.1 Å². The number of hydrogen-bond acceptors (Lipinski definition) is 4. The molecule has 0 unspecified atom stereocenters. The molecule has 118 valence electrons. The van der Waals surface area contributed by atoms with Crippen LogP contribution in [0.1, 0.15) is 17.3 Å². The van der Waals surface area contributed by atoms with E-state index >= 15 is 0 Å². The van der Waals surface area contributed by atoms with Crippen LogP contribution in [0, 0.1) is 0 Å². The van der Waals surface area contributed by atoms with Crippen molar-refractivity contribution in [1.29, 1.82) is 0 Å². The fourth-order valence-corrected chi connectivity index (χ4v) is 1.94. The van der Waals surface area contributed by atoms with Gasteiger partial charge in [0.05, 0.1) is 7.11 Å². The number of rotatable bonds is 6. The number of hydrogen-bond donors (Lipinski definition) is 2. The molecule has 2 aromatic rings. The Kier molecular flexibility index (Phi) is 5.52. The predicted octanol–water partition coefficient (Wildman–Crippen LogP) is 3.46. The van der Waals surface area contributed by atoms with Gasteiger partial charge in [0.25, 0.3) is 0 Å². The van der Waals surface area contributed by atoms with Crippen molar-refractivity contribution in [3.8, 4) is 5.75 Å². The van der Waals surface area contributed by atoms with Gasteiger partial charge < -0.3 is 15.4 Å². The lowest BCUT2D eigenvalue weighted by atomic mass is 10.1. The molecule has 0 bridgehead atoms. The second-order valence-corrected chi connectivity index (χ2v) is 4.83. The smallest absolute Gasteiger partial charge is 0.221 e. The van der Waals surface area contributed by atoms with E-state index in [1.54, 1.807) is 49.7 Å². The number of allylic oxidation sites excluding steroid dienone is 1. The molecule has 0 aliphatic rings. The van der Waals surface area contributed by atoms with Crippen molar-refractivity contribution in [2.75, 3.05) is 17.7 Å². The zero-order chi connectivity index (χ0) is 16.7. The number of amides is 1. The molecule has 0 spiro atoms. The van der Waals surface area contributed by atoms with Gasteiger partial charge in [-0.15, -0.1) is 0 Å². The summed E-state index contributed by atoms with van der Waals surface area (Å²) in [6.45, 7) is 1.46. The average molecular weight is 310 g/mol. The summed E-state index contributed by atoms with van der Waals surface area (Å²) < 4.78 is 5.10. The lowest BCUT2D eigenvalue weighted by Gasteiger charge is -2.04. The van der Waals surface area contributed by atoms with Crippen LogP contribution in [0.5, 0.6) is 5.75 Å². The molecule has 0 saturated heterocycles. The molecular weight excluding hydrogens is 292 g/mol. The monoisotopic (exact) mass is 310 g/mol. The second kappa shape index (κ2) is 7.79. The highest BCUT2D eigenvalue weighted by atomic mass is 16.5. The van der Waals surface area contributed by atoms with E-state index in [9.17, 15) is 9.59 Å². The molecule has 5 nitrogen and oxygen atoms in total. The quantitative estimate of drug-likeness (QED) is 0.633. The highest BCUT2D eigenvalue weighted by Crippen LogP contribution is 2.15. The standard InChI is InChI=1S/C18H18N2O3/c1-13(21)20-16-8-6-15(7-9-16)19-11-10-18(22)14-4-3-5-17(12-14)23-2/h3-12,19H,1-2H3,(H,20,21)/b11-10+. The van der Waals surface area contributed by atoms with E-state index in [4.69, 9.17) is 4.74 Å². The topological polar surface area (TPSA) is 67.4 Å². The molecule has 0 fully saturated rings. The third kappa shape index (κ3) is 5.00. The van der Waals surface area contributed by atoms with E-state index in [-0.39, 0.29) is 11.7 Å². The fraction of sp³-hybridized carbons (Fsp3) is 0.111. The molecule has 2 aromatic carbocycles. The molecular formula is C18H18N2O3. The van der Waals surface area contributed by atoms with Gasteiger partial charge in [-0.3, -0.25) is 9.59 Å². The van der Waals surface area contributed by atoms with Crippen molar-refractivity contribution < 1.29 is 14.3 Å². The number of methoxy groups -OCH3 is 1. The Labute approximate surface area is 135 Å². The van der Waals surface area contributed by atoms with Crippen LogP contribution in [0.4, 0.5) is 11.4 Å². The van der Waals surface area contributed by atoms with Crippen molar-refractivity contribution in [2.24, 2.45) is 0 Å². The van der Waals surface area contributed by atoms with Crippen molar-refractivity contribution in [1.82, 2.24) is 0 Å². The van der Waals surface area contributed by atoms with Crippen molar-refractivity contribution >= 4 is 23.1 Å². The SMILES string of the molecule is COc1cccc(C(=O)/C=C/Nc2ccc(NC(C)=O)cc2)c1. The molecule has 0 heterocycles. The van der Waals surface area contributed by atoms with Gasteiger partial charge in [-0.05, 0) is 36.4 Å². The predicted molar refractivity (Wildman–Crippen MR) is 90.8 cm³/mol. The molecule has 23 heavy (non-hydrogen) atoms. The minimum absolute atomic E-state index is 0.116. The van der Waals surface area contributed by atoms with Crippen LogP contribution in [0.15, 0.2) is 60.8 Å². The molecule has 2 N–H and O–H groups in total. The van der Waals surface area contributed by atoms with Crippen LogP contribution < -0.4 is 15.4 Å². The lowest BCUT2D eigenvalue weighted by Crippen LogP contribution is -2.05. The van der Waals surface area contributed by atoms with Crippen molar-refractivity contribution in [2.45, 2.75) is 6.92 Å². The van der Waals surface area contributed by atoms with Gasteiger partial charge in [-0.2, -0.15) is 0 Å². The summed E-state index contributed by atoms with van der Waals surface area (Å²) in [7, 11) is 1.56. The average Bonchev–Trinajstić information content (AvgIpc) is 2.56. The van der Waals surface area contributed by atoms with E-state index < -0.39 is 0 Å². The van der Waals surface area contributed by atoms with E-state index in [0.29, 0.717) is 11.3 Å². The first kappa shape index (κ1) is 16.3. The van der Waals surface area contributed by atoms with E-state index in [1.807, 2.05) is 12.1 Å². The maximum Gasteiger partial charge on any atom is 0.221 e. The third-order valence-corrected chi connectivity index (χ3v) is 3.04. The Balaban J connectivity index is 1.95. The fourth-order valence-electron chi connectivity index (χ4n) is 1.94. The van der Waals surface area contributed by atoms with Crippen molar-refractivity contribution in [3.05, 3.63) is 66.4 Å². The summed E-state index contributed by atoms with van der Waals surface area (Å²) in [4.78, 5) is 23.0. The van der Waals surface area contributed by atoms with Crippen LogP contribution in [0.25, 0.3) is 0 Å². The van der Waals surface area contributed by atoms with Crippen LogP contribution in [-0.2, 0) is 4.79 Å². The maximum atomic E-state index is 12.0. The Hall–Kier alpha value is -3.08. The largest absolute Gasteiger partial charge is 0.497 e. The van der Waals surface area contributed by atoms with E-state index in [1.165, 1.54) is 13.0 Å². The van der Waals surface area contributed by atoms with Crippen LogP contribution >= 0.6 is 0 Å². The first-order chi connectivity index (χ1) is 11.1. The zero-order valence-corrected chi connectivity index (χ0v) is 13.0. The number of benzene rings is 2. The summed E-state index contributed by atoms with van der Waals surface area (Å²) in [6.07, 6.45) is 3.03. The molecule has 0 aromatic heterocycles. The van der Waals surface area contributed by atoms with E-state index in [2.05, 4.69) is 10.6 Å². The Morgan fingerprint density at radius 1 is 1.04 bits per heavy atom. The van der Waals surface area contributed by atoms with Gasteiger partial charge in [0, 0.05) is 36.1 Å². The maximum absolute atomic E-state index is 12.0. The summed E-state index contributed by atoms with van der Waals surface area (Å²) in [5.74, 6) is 0.409. The first-order valence-corrected chi connectivity index (χ1v) is 7.07. The number of carbonyl (C=O) groups excluding carboxylic acids is 2. The number of ketones is 1. The molecule has 2 rings (SSSR count). The number of nitrogens with one attached hydrogen (secondary N) is 2. The van der Waals surface area contributed by atoms with Crippen molar-refractivity contribution in [3.63, 3.8) is 0 Å². The minimum Gasteiger partial charge on any atom is -0.497 e. The Morgan fingerprint density at radius 3 is 2.39 bits per heavy atom. The van der Waals surface area contributed by atoms with Crippen LogP contribution in [-0.4, -0.2) is 18.8 Å². The highest BCUT2D eigenvalue weighted by molar-refractivity contribution is 6.04. The third-order valence-electron chi connectivity index (χ3n) is 3.04. The summed E-state index contributed by atoms with van der Waals surface area (Å²) >= 11 is 0. The van der Waals surface area contributed by atoms with Gasteiger partial charge >= 0.3 is 0 Å². The van der Waals surface area contributed by atoms with Gasteiger partial charge in [0.2, 0.25) is 5.91 Å². The minimum atomic E-state index is -0.119. The lowest BCUT2D eigenvalue weighted by molar-refractivity contribution is -0.114. The first-order valence-electron chi connectivity index (χ1n) is 7.07.